The fraction of sp³-hybridized carbons (Fsp3) is 0.474. The summed E-state index contributed by atoms with van der Waals surface area (Å²) in [4.78, 5) is 26.0. The summed E-state index contributed by atoms with van der Waals surface area (Å²) in [6.07, 6.45) is 4.88. The number of carbonyl (C=O) groups is 2. The summed E-state index contributed by atoms with van der Waals surface area (Å²) < 4.78 is 16.1. The van der Waals surface area contributed by atoms with Crippen LogP contribution in [0.4, 0.5) is 0 Å². The molecule has 6 nitrogen and oxygen atoms in total. The van der Waals surface area contributed by atoms with Crippen LogP contribution < -0.4 is 9.47 Å². The Morgan fingerprint density at radius 2 is 2.08 bits per heavy atom. The van der Waals surface area contributed by atoms with Crippen LogP contribution in [0.15, 0.2) is 24.3 Å². The van der Waals surface area contributed by atoms with Gasteiger partial charge in [0.2, 0.25) is 5.91 Å². The van der Waals surface area contributed by atoms with Gasteiger partial charge in [-0.25, -0.2) is 0 Å². The molecule has 1 aromatic carbocycles. The van der Waals surface area contributed by atoms with Gasteiger partial charge in [0.05, 0.1) is 12.5 Å². The molecule has 1 atom stereocenters. The molecule has 2 heterocycles. The summed E-state index contributed by atoms with van der Waals surface area (Å²) in [5, 5.41) is 0. The number of piperidine rings is 1. The molecule has 3 rings (SSSR count). The van der Waals surface area contributed by atoms with E-state index in [1.54, 1.807) is 24.0 Å². The van der Waals surface area contributed by atoms with Gasteiger partial charge in [0, 0.05) is 19.2 Å². The van der Waals surface area contributed by atoms with Crippen molar-refractivity contribution in [3.8, 4) is 11.5 Å². The summed E-state index contributed by atoms with van der Waals surface area (Å²) >= 11 is 0. The van der Waals surface area contributed by atoms with Gasteiger partial charge < -0.3 is 19.1 Å². The predicted octanol–water partition coefficient (Wildman–Crippen LogP) is 2.27. The maximum Gasteiger partial charge on any atom is 0.310 e. The number of hydrogen-bond donors (Lipinski definition) is 0. The smallest absolute Gasteiger partial charge is 0.310 e. The van der Waals surface area contributed by atoms with E-state index in [-0.39, 0.29) is 17.8 Å². The molecule has 0 aromatic heterocycles. The lowest BCUT2D eigenvalue weighted by molar-refractivity contribution is -0.150. The van der Waals surface area contributed by atoms with Gasteiger partial charge in [0.15, 0.2) is 11.5 Å². The van der Waals surface area contributed by atoms with Crippen molar-refractivity contribution in [2.75, 3.05) is 32.9 Å². The van der Waals surface area contributed by atoms with Gasteiger partial charge >= 0.3 is 5.97 Å². The molecule has 25 heavy (non-hydrogen) atoms. The third kappa shape index (κ3) is 4.32. The minimum absolute atomic E-state index is 0.0936. The summed E-state index contributed by atoms with van der Waals surface area (Å²) in [6, 6.07) is 5.58. The normalized spacial score (nSPS) is 19.7. The molecule has 1 fully saturated rings. The molecular weight excluding hydrogens is 322 g/mol. The third-order valence-electron chi connectivity index (χ3n) is 4.34. The van der Waals surface area contributed by atoms with Crippen LogP contribution in [0.5, 0.6) is 11.5 Å². The van der Waals surface area contributed by atoms with Crippen LogP contribution in [0.3, 0.4) is 0 Å². The molecule has 0 bridgehead atoms. The van der Waals surface area contributed by atoms with Gasteiger partial charge in [0.1, 0.15) is 13.2 Å². The largest absolute Gasteiger partial charge is 0.486 e. The van der Waals surface area contributed by atoms with E-state index in [2.05, 4.69) is 0 Å². The Morgan fingerprint density at radius 1 is 1.28 bits per heavy atom. The van der Waals surface area contributed by atoms with Gasteiger partial charge in [-0.3, -0.25) is 9.59 Å². The van der Waals surface area contributed by atoms with Gasteiger partial charge in [-0.05, 0) is 43.5 Å². The molecule has 0 unspecified atom stereocenters. The average molecular weight is 345 g/mol. The van der Waals surface area contributed by atoms with Gasteiger partial charge in [0.25, 0.3) is 0 Å². The first-order valence-corrected chi connectivity index (χ1v) is 8.70. The number of carbonyl (C=O) groups excluding carboxylic acids is 2. The molecule has 0 saturated carbocycles. The number of likely N-dealkylation sites (tertiary alicyclic amines) is 1. The van der Waals surface area contributed by atoms with Crippen LogP contribution in [-0.2, 0) is 14.3 Å². The maximum atomic E-state index is 12.4. The number of fused-ring (bicyclic) bond motifs is 1. The Balaban J connectivity index is 1.61. The predicted molar refractivity (Wildman–Crippen MR) is 92.4 cm³/mol. The summed E-state index contributed by atoms with van der Waals surface area (Å²) in [5.41, 5.74) is 0.872. The van der Waals surface area contributed by atoms with E-state index in [1.165, 1.54) is 0 Å². The molecule has 0 N–H and O–H groups in total. The first kappa shape index (κ1) is 17.3. The number of hydrogen-bond acceptors (Lipinski definition) is 5. The van der Waals surface area contributed by atoms with Gasteiger partial charge in [-0.1, -0.05) is 6.07 Å². The second kappa shape index (κ2) is 8.05. The van der Waals surface area contributed by atoms with Crippen molar-refractivity contribution in [1.29, 1.82) is 0 Å². The summed E-state index contributed by atoms with van der Waals surface area (Å²) in [6.45, 7) is 4.33. The highest BCUT2D eigenvalue weighted by Crippen LogP contribution is 2.31. The number of benzene rings is 1. The topological polar surface area (TPSA) is 65.1 Å². The average Bonchev–Trinajstić information content (AvgIpc) is 2.66. The van der Waals surface area contributed by atoms with E-state index in [1.807, 2.05) is 18.2 Å². The SMILES string of the molecule is CCOC(=O)[C@H]1CCCN(C(=O)/C=C/c2ccc3c(c2)OCCO3)C1. The molecule has 0 aliphatic carbocycles. The lowest BCUT2D eigenvalue weighted by atomic mass is 9.98. The van der Waals surface area contributed by atoms with Crippen LogP contribution in [0.1, 0.15) is 25.3 Å². The fourth-order valence-corrected chi connectivity index (χ4v) is 3.07. The first-order valence-electron chi connectivity index (χ1n) is 8.70. The highest BCUT2D eigenvalue weighted by atomic mass is 16.6. The maximum absolute atomic E-state index is 12.4. The van der Waals surface area contributed by atoms with E-state index >= 15 is 0 Å². The molecule has 134 valence electrons. The van der Waals surface area contributed by atoms with E-state index in [0.717, 1.165) is 24.2 Å². The highest BCUT2D eigenvalue weighted by molar-refractivity contribution is 5.92. The van der Waals surface area contributed by atoms with Crippen molar-refractivity contribution < 1.29 is 23.8 Å². The number of amides is 1. The third-order valence-corrected chi connectivity index (χ3v) is 4.34. The van der Waals surface area contributed by atoms with Crippen molar-refractivity contribution >= 4 is 18.0 Å². The number of esters is 1. The summed E-state index contributed by atoms with van der Waals surface area (Å²) in [5.74, 6) is 0.893. The highest BCUT2D eigenvalue weighted by Gasteiger charge is 2.28. The molecule has 0 radical (unpaired) electrons. The monoisotopic (exact) mass is 345 g/mol. The molecule has 2 aliphatic rings. The molecule has 0 spiro atoms. The second-order valence-electron chi connectivity index (χ2n) is 6.11. The lowest BCUT2D eigenvalue weighted by Crippen LogP contribution is -2.42. The Morgan fingerprint density at radius 3 is 2.88 bits per heavy atom. The minimum atomic E-state index is -0.222. The Labute approximate surface area is 147 Å². The van der Waals surface area contributed by atoms with Gasteiger partial charge in [-0.15, -0.1) is 0 Å². The zero-order valence-corrected chi connectivity index (χ0v) is 14.4. The van der Waals surface area contributed by atoms with Crippen molar-refractivity contribution in [1.82, 2.24) is 4.90 Å². The van der Waals surface area contributed by atoms with Crippen LogP contribution in [-0.4, -0.2) is 49.7 Å². The molecule has 6 heteroatoms. The van der Waals surface area contributed by atoms with E-state index in [4.69, 9.17) is 14.2 Å². The van der Waals surface area contributed by atoms with Crippen molar-refractivity contribution in [3.63, 3.8) is 0 Å². The van der Waals surface area contributed by atoms with Crippen molar-refractivity contribution in [2.24, 2.45) is 5.92 Å². The number of rotatable bonds is 4. The van der Waals surface area contributed by atoms with Crippen LogP contribution in [0, 0.1) is 5.92 Å². The van der Waals surface area contributed by atoms with Crippen molar-refractivity contribution in [2.45, 2.75) is 19.8 Å². The molecule has 2 aliphatic heterocycles. The summed E-state index contributed by atoms with van der Waals surface area (Å²) in [7, 11) is 0. The van der Waals surface area contributed by atoms with E-state index in [0.29, 0.717) is 38.7 Å². The zero-order chi connectivity index (χ0) is 17.6. The van der Waals surface area contributed by atoms with E-state index in [9.17, 15) is 9.59 Å². The van der Waals surface area contributed by atoms with Crippen LogP contribution in [0.2, 0.25) is 0 Å². The van der Waals surface area contributed by atoms with Crippen LogP contribution in [0.25, 0.3) is 6.08 Å². The minimum Gasteiger partial charge on any atom is -0.486 e. The first-order chi connectivity index (χ1) is 12.2. The molecular formula is C19H23NO5. The number of nitrogens with zero attached hydrogens (tertiary/aromatic N) is 1. The fourth-order valence-electron chi connectivity index (χ4n) is 3.07. The number of ether oxygens (including phenoxy) is 3. The van der Waals surface area contributed by atoms with E-state index < -0.39 is 0 Å². The Kier molecular flexibility index (Phi) is 5.58. The Hall–Kier alpha value is -2.50. The lowest BCUT2D eigenvalue weighted by Gasteiger charge is -2.30. The standard InChI is InChI=1S/C19H23NO5/c1-2-23-19(22)15-4-3-9-20(13-15)18(21)8-6-14-5-7-16-17(12-14)25-11-10-24-16/h5-8,12,15H,2-4,9-11,13H2,1H3/b8-6+/t15-/m0/s1. The molecule has 1 amide bonds. The zero-order valence-electron chi connectivity index (χ0n) is 14.4. The Bertz CT molecular complexity index is 670. The quantitative estimate of drug-likeness (QED) is 0.619. The second-order valence-corrected chi connectivity index (χ2v) is 6.11. The molecule has 1 saturated heterocycles. The van der Waals surface area contributed by atoms with Crippen LogP contribution >= 0.6 is 0 Å². The van der Waals surface area contributed by atoms with Crippen molar-refractivity contribution in [3.05, 3.63) is 29.8 Å². The van der Waals surface area contributed by atoms with Gasteiger partial charge in [-0.2, -0.15) is 0 Å². The molecule has 1 aromatic rings.